The lowest BCUT2D eigenvalue weighted by Crippen LogP contribution is -2.16. The van der Waals surface area contributed by atoms with E-state index in [1.165, 1.54) is 6.20 Å². The van der Waals surface area contributed by atoms with E-state index in [1.54, 1.807) is 13.0 Å². The SMILES string of the molecule is CCOC(=O)C(C#N)c1ncc(Br)cc1Br. The Morgan fingerprint density at radius 3 is 2.88 bits per heavy atom. The predicted octanol–water partition coefficient (Wildman–Crippen LogP) is 2.78. The number of rotatable bonds is 3. The number of hydrogen-bond donors (Lipinski definition) is 0. The molecule has 0 N–H and O–H groups in total. The monoisotopic (exact) mass is 346 g/mol. The maximum absolute atomic E-state index is 11.5. The molecule has 1 rings (SSSR count). The molecule has 1 unspecified atom stereocenters. The van der Waals surface area contributed by atoms with Crippen molar-refractivity contribution in [1.82, 2.24) is 4.98 Å². The summed E-state index contributed by atoms with van der Waals surface area (Å²) in [5.41, 5.74) is 0.365. The molecule has 0 fully saturated rings. The molecule has 1 aromatic heterocycles. The van der Waals surface area contributed by atoms with Crippen molar-refractivity contribution >= 4 is 37.8 Å². The second-order valence-electron chi connectivity index (χ2n) is 2.83. The van der Waals surface area contributed by atoms with Crippen molar-refractivity contribution in [3.63, 3.8) is 0 Å². The maximum Gasteiger partial charge on any atom is 0.329 e. The second-order valence-corrected chi connectivity index (χ2v) is 4.60. The smallest absolute Gasteiger partial charge is 0.329 e. The van der Waals surface area contributed by atoms with Gasteiger partial charge in [-0.05, 0) is 44.8 Å². The second kappa shape index (κ2) is 5.97. The molecule has 0 aliphatic carbocycles. The van der Waals surface area contributed by atoms with E-state index in [0.717, 1.165) is 4.47 Å². The molecule has 0 saturated heterocycles. The van der Waals surface area contributed by atoms with Crippen LogP contribution < -0.4 is 0 Å². The number of nitriles is 1. The zero-order chi connectivity index (χ0) is 12.1. The van der Waals surface area contributed by atoms with Crippen molar-refractivity contribution < 1.29 is 9.53 Å². The van der Waals surface area contributed by atoms with Crippen LogP contribution in [0.3, 0.4) is 0 Å². The fraction of sp³-hybridized carbons (Fsp3) is 0.300. The van der Waals surface area contributed by atoms with E-state index in [2.05, 4.69) is 36.8 Å². The van der Waals surface area contributed by atoms with Gasteiger partial charge in [-0.3, -0.25) is 9.78 Å². The molecular formula is C10H8Br2N2O2. The van der Waals surface area contributed by atoms with Crippen LogP contribution in [0.1, 0.15) is 18.5 Å². The average Bonchev–Trinajstić information content (AvgIpc) is 2.22. The summed E-state index contributed by atoms with van der Waals surface area (Å²) in [5, 5.41) is 8.95. The molecule has 4 nitrogen and oxygen atoms in total. The van der Waals surface area contributed by atoms with Crippen LogP contribution in [-0.2, 0) is 9.53 Å². The van der Waals surface area contributed by atoms with Crippen LogP contribution in [0.15, 0.2) is 21.2 Å². The highest BCUT2D eigenvalue weighted by atomic mass is 79.9. The zero-order valence-corrected chi connectivity index (χ0v) is 11.6. The molecule has 0 aromatic carbocycles. The van der Waals surface area contributed by atoms with Crippen molar-refractivity contribution in [3.8, 4) is 6.07 Å². The number of esters is 1. The molecule has 0 amide bonds. The molecule has 0 radical (unpaired) electrons. The number of carbonyl (C=O) groups is 1. The van der Waals surface area contributed by atoms with Gasteiger partial charge in [0.15, 0.2) is 5.92 Å². The van der Waals surface area contributed by atoms with Crippen LogP contribution in [0.5, 0.6) is 0 Å². The molecule has 0 aliphatic heterocycles. The molecule has 6 heteroatoms. The van der Waals surface area contributed by atoms with Gasteiger partial charge in [-0.15, -0.1) is 0 Å². The summed E-state index contributed by atoms with van der Waals surface area (Å²) >= 11 is 6.50. The minimum atomic E-state index is -0.998. The summed E-state index contributed by atoms with van der Waals surface area (Å²) in [7, 11) is 0. The fourth-order valence-corrected chi connectivity index (χ4v) is 2.31. The quantitative estimate of drug-likeness (QED) is 0.789. The molecule has 1 atom stereocenters. The number of nitrogens with zero attached hydrogens (tertiary/aromatic N) is 2. The summed E-state index contributed by atoms with van der Waals surface area (Å²) in [4.78, 5) is 15.5. The molecule has 16 heavy (non-hydrogen) atoms. The Kier molecular flexibility index (Phi) is 4.90. The Bertz CT molecular complexity index is 443. The number of aromatic nitrogens is 1. The highest BCUT2D eigenvalue weighted by Crippen LogP contribution is 2.26. The Labute approximate surface area is 110 Å². The van der Waals surface area contributed by atoms with Crippen LogP contribution in [0.2, 0.25) is 0 Å². The predicted molar refractivity (Wildman–Crippen MR) is 64.6 cm³/mol. The third-order valence-corrected chi connectivity index (χ3v) is 2.83. The van der Waals surface area contributed by atoms with Gasteiger partial charge in [0.05, 0.1) is 18.4 Å². The minimum Gasteiger partial charge on any atom is -0.465 e. The highest BCUT2D eigenvalue weighted by Gasteiger charge is 2.25. The van der Waals surface area contributed by atoms with Gasteiger partial charge < -0.3 is 4.74 Å². The zero-order valence-electron chi connectivity index (χ0n) is 8.41. The fourth-order valence-electron chi connectivity index (χ4n) is 1.09. The summed E-state index contributed by atoms with van der Waals surface area (Å²) in [6.07, 6.45) is 1.53. The van der Waals surface area contributed by atoms with E-state index in [0.29, 0.717) is 10.2 Å². The van der Waals surface area contributed by atoms with Gasteiger partial charge in [-0.2, -0.15) is 5.26 Å². The normalized spacial score (nSPS) is 11.6. The minimum absolute atomic E-state index is 0.241. The van der Waals surface area contributed by atoms with Gasteiger partial charge in [0.2, 0.25) is 0 Å². The summed E-state index contributed by atoms with van der Waals surface area (Å²) in [6, 6.07) is 3.61. The van der Waals surface area contributed by atoms with Gasteiger partial charge in [0.25, 0.3) is 0 Å². The van der Waals surface area contributed by atoms with Crippen molar-refractivity contribution in [3.05, 3.63) is 26.9 Å². The number of hydrogen-bond acceptors (Lipinski definition) is 4. The maximum atomic E-state index is 11.5. The summed E-state index contributed by atoms with van der Waals surface area (Å²) in [5.74, 6) is -1.58. The largest absolute Gasteiger partial charge is 0.465 e. The Hall–Kier alpha value is -0.930. The van der Waals surface area contributed by atoms with Crippen molar-refractivity contribution in [2.45, 2.75) is 12.8 Å². The van der Waals surface area contributed by atoms with E-state index in [4.69, 9.17) is 10.00 Å². The number of ether oxygens (including phenoxy) is 1. The number of halogens is 2. The van der Waals surface area contributed by atoms with Gasteiger partial charge in [-0.1, -0.05) is 0 Å². The lowest BCUT2D eigenvalue weighted by molar-refractivity contribution is -0.143. The van der Waals surface area contributed by atoms with E-state index < -0.39 is 11.9 Å². The summed E-state index contributed by atoms with van der Waals surface area (Å²) < 4.78 is 6.17. The van der Waals surface area contributed by atoms with Crippen LogP contribution in [0.4, 0.5) is 0 Å². The van der Waals surface area contributed by atoms with Crippen LogP contribution >= 0.6 is 31.9 Å². The lowest BCUT2D eigenvalue weighted by Gasteiger charge is -2.09. The lowest BCUT2D eigenvalue weighted by atomic mass is 10.1. The Morgan fingerprint density at radius 1 is 1.69 bits per heavy atom. The van der Waals surface area contributed by atoms with Crippen molar-refractivity contribution in [1.29, 1.82) is 5.26 Å². The molecule has 0 bridgehead atoms. The van der Waals surface area contributed by atoms with E-state index >= 15 is 0 Å². The molecule has 84 valence electrons. The molecule has 0 saturated carbocycles. The topological polar surface area (TPSA) is 63.0 Å². The first-order chi connectivity index (χ1) is 7.60. The molecule has 0 spiro atoms. The van der Waals surface area contributed by atoms with Crippen LogP contribution in [-0.4, -0.2) is 17.6 Å². The van der Waals surface area contributed by atoms with Gasteiger partial charge in [0, 0.05) is 15.1 Å². The highest BCUT2D eigenvalue weighted by molar-refractivity contribution is 9.11. The Morgan fingerprint density at radius 2 is 2.38 bits per heavy atom. The Balaban J connectivity index is 3.05. The third-order valence-electron chi connectivity index (χ3n) is 1.76. The van der Waals surface area contributed by atoms with E-state index in [9.17, 15) is 4.79 Å². The third kappa shape index (κ3) is 3.03. The standard InChI is InChI=1S/C10H8Br2N2O2/c1-2-16-10(15)7(4-13)9-8(12)3-6(11)5-14-9/h3,5,7H,2H2,1H3. The summed E-state index contributed by atoms with van der Waals surface area (Å²) in [6.45, 7) is 1.93. The number of carbonyl (C=O) groups excluding carboxylic acids is 1. The average molecular weight is 348 g/mol. The number of pyridine rings is 1. The van der Waals surface area contributed by atoms with Crippen molar-refractivity contribution in [2.75, 3.05) is 6.61 Å². The molecular weight excluding hydrogens is 340 g/mol. The van der Waals surface area contributed by atoms with Gasteiger partial charge in [0.1, 0.15) is 0 Å². The van der Waals surface area contributed by atoms with Crippen LogP contribution in [0, 0.1) is 11.3 Å². The molecule has 0 aliphatic rings. The van der Waals surface area contributed by atoms with Crippen molar-refractivity contribution in [2.24, 2.45) is 0 Å². The first kappa shape index (κ1) is 13.1. The first-order valence-corrected chi connectivity index (χ1v) is 6.06. The van der Waals surface area contributed by atoms with Crippen LogP contribution in [0.25, 0.3) is 0 Å². The molecule has 1 heterocycles. The van der Waals surface area contributed by atoms with E-state index in [-0.39, 0.29) is 6.61 Å². The van der Waals surface area contributed by atoms with Gasteiger partial charge in [-0.25, -0.2) is 0 Å². The first-order valence-electron chi connectivity index (χ1n) is 4.47. The van der Waals surface area contributed by atoms with E-state index in [1.807, 2.05) is 6.07 Å². The molecule has 1 aromatic rings. The van der Waals surface area contributed by atoms with Gasteiger partial charge >= 0.3 is 5.97 Å².